The minimum Gasteiger partial charge on any atom is -0.462 e. The minimum atomic E-state index is -0.448. The highest BCUT2D eigenvalue weighted by molar-refractivity contribution is 5.89. The fourth-order valence-corrected chi connectivity index (χ4v) is 6.09. The highest BCUT2D eigenvalue weighted by Crippen LogP contribution is 2.51. The van der Waals surface area contributed by atoms with Crippen molar-refractivity contribution in [2.24, 2.45) is 5.92 Å². The smallest absolute Gasteiger partial charge is 0.338 e. The van der Waals surface area contributed by atoms with Gasteiger partial charge in [-0.3, -0.25) is 4.90 Å². The molecule has 4 nitrogen and oxygen atoms in total. The number of allylic oxidation sites excluding steroid dienone is 1. The van der Waals surface area contributed by atoms with Crippen LogP contribution in [0.3, 0.4) is 0 Å². The van der Waals surface area contributed by atoms with E-state index < -0.39 is 5.41 Å². The zero-order valence-corrected chi connectivity index (χ0v) is 18.9. The first kappa shape index (κ1) is 21.0. The van der Waals surface area contributed by atoms with Crippen molar-refractivity contribution in [3.05, 3.63) is 76.9 Å². The van der Waals surface area contributed by atoms with E-state index in [1.165, 1.54) is 11.1 Å². The lowest BCUT2D eigenvalue weighted by atomic mass is 9.60. The molecule has 2 atom stereocenters. The summed E-state index contributed by atoms with van der Waals surface area (Å²) < 4.78 is 5.07. The Morgan fingerprint density at radius 1 is 1.19 bits per heavy atom. The van der Waals surface area contributed by atoms with Crippen molar-refractivity contribution >= 4 is 12.0 Å². The number of esters is 1. The van der Waals surface area contributed by atoms with Gasteiger partial charge in [0.25, 0.3) is 0 Å². The zero-order valence-electron chi connectivity index (χ0n) is 18.9. The van der Waals surface area contributed by atoms with Crippen LogP contribution < -0.4 is 0 Å². The first-order valence-electron chi connectivity index (χ1n) is 11.7. The van der Waals surface area contributed by atoms with Gasteiger partial charge in [-0.15, -0.1) is 0 Å². The summed E-state index contributed by atoms with van der Waals surface area (Å²) >= 11 is 0. The van der Waals surface area contributed by atoms with Crippen molar-refractivity contribution < 1.29 is 9.53 Å². The molecule has 2 aromatic carbocycles. The van der Waals surface area contributed by atoms with Gasteiger partial charge in [-0.1, -0.05) is 55.5 Å². The number of carbonyl (C=O) groups excluding carboxylic acids is 1. The average Bonchev–Trinajstić information content (AvgIpc) is 3.16. The summed E-state index contributed by atoms with van der Waals surface area (Å²) in [5, 5.41) is 10.0. The summed E-state index contributed by atoms with van der Waals surface area (Å²) in [7, 11) is 0. The van der Waals surface area contributed by atoms with Crippen molar-refractivity contribution in [3.63, 3.8) is 0 Å². The van der Waals surface area contributed by atoms with E-state index in [1.807, 2.05) is 12.1 Å². The zero-order chi connectivity index (χ0) is 22.3. The molecule has 3 aliphatic rings. The molecule has 2 fully saturated rings. The largest absolute Gasteiger partial charge is 0.462 e. The van der Waals surface area contributed by atoms with Crippen LogP contribution in [0.15, 0.2) is 54.6 Å². The van der Waals surface area contributed by atoms with Crippen molar-refractivity contribution in [2.45, 2.75) is 50.0 Å². The van der Waals surface area contributed by atoms with Crippen LogP contribution >= 0.6 is 0 Å². The topological polar surface area (TPSA) is 53.3 Å². The molecule has 1 saturated heterocycles. The van der Waals surface area contributed by atoms with Gasteiger partial charge in [-0.25, -0.2) is 4.79 Å². The molecule has 4 heteroatoms. The average molecular weight is 427 g/mol. The molecule has 32 heavy (non-hydrogen) atoms. The fourth-order valence-electron chi connectivity index (χ4n) is 6.09. The van der Waals surface area contributed by atoms with Crippen LogP contribution in [0.4, 0.5) is 0 Å². The van der Waals surface area contributed by atoms with Gasteiger partial charge in [0.05, 0.1) is 23.7 Å². The van der Waals surface area contributed by atoms with Gasteiger partial charge in [-0.05, 0) is 67.5 Å². The first-order valence-corrected chi connectivity index (χ1v) is 11.7. The molecular formula is C28H30N2O2. The molecule has 0 radical (unpaired) electrons. The van der Waals surface area contributed by atoms with Gasteiger partial charge in [0, 0.05) is 18.0 Å². The number of hydrogen-bond acceptors (Lipinski definition) is 4. The second-order valence-electron chi connectivity index (χ2n) is 9.66. The summed E-state index contributed by atoms with van der Waals surface area (Å²) in [5.74, 6) is 0.229. The predicted molar refractivity (Wildman–Crippen MR) is 125 cm³/mol. The molecule has 5 rings (SSSR count). The number of benzene rings is 2. The van der Waals surface area contributed by atoms with Crippen LogP contribution in [-0.4, -0.2) is 36.6 Å². The fraction of sp³-hybridized carbons (Fsp3) is 0.429. The molecule has 1 saturated carbocycles. The Hall–Kier alpha value is -2.90. The molecule has 2 aromatic rings. The molecule has 0 amide bonds. The lowest BCUT2D eigenvalue weighted by Gasteiger charge is -2.53. The van der Waals surface area contributed by atoms with E-state index in [2.05, 4.69) is 54.3 Å². The number of hydrogen-bond donors (Lipinski definition) is 0. The Kier molecular flexibility index (Phi) is 5.18. The SMILES string of the molecule is CCOC(=O)c1ccc(C2(C#N)CC(N3CCC4(C=Cc5ccccc54)[C@@H](C)C3)C2)cc1. The number of likely N-dealkylation sites (tertiary alicyclic amines) is 1. The maximum absolute atomic E-state index is 11.9. The Morgan fingerprint density at radius 2 is 1.94 bits per heavy atom. The maximum Gasteiger partial charge on any atom is 0.338 e. The van der Waals surface area contributed by atoms with Crippen molar-refractivity contribution in [2.75, 3.05) is 19.7 Å². The number of piperidine rings is 1. The summed E-state index contributed by atoms with van der Waals surface area (Å²) in [6.07, 6.45) is 7.57. The van der Waals surface area contributed by atoms with Gasteiger partial charge in [0.15, 0.2) is 0 Å². The van der Waals surface area contributed by atoms with E-state index in [-0.39, 0.29) is 11.4 Å². The summed E-state index contributed by atoms with van der Waals surface area (Å²) in [4.78, 5) is 14.5. The number of nitrogens with zero attached hydrogens (tertiary/aromatic N) is 2. The molecule has 0 aromatic heterocycles. The van der Waals surface area contributed by atoms with E-state index in [0.29, 0.717) is 24.1 Å². The van der Waals surface area contributed by atoms with E-state index in [9.17, 15) is 10.1 Å². The number of rotatable bonds is 4. The highest BCUT2D eigenvalue weighted by Gasteiger charge is 2.51. The van der Waals surface area contributed by atoms with Gasteiger partial charge in [0.1, 0.15) is 0 Å². The van der Waals surface area contributed by atoms with Crippen molar-refractivity contribution in [3.8, 4) is 6.07 Å². The van der Waals surface area contributed by atoms with Crippen LogP contribution in [0.5, 0.6) is 0 Å². The van der Waals surface area contributed by atoms with E-state index >= 15 is 0 Å². The third kappa shape index (κ3) is 3.19. The Morgan fingerprint density at radius 3 is 2.62 bits per heavy atom. The van der Waals surface area contributed by atoms with E-state index in [0.717, 1.165) is 37.9 Å². The van der Waals surface area contributed by atoms with E-state index in [1.54, 1.807) is 19.1 Å². The molecule has 1 spiro atoms. The predicted octanol–water partition coefficient (Wildman–Crippen LogP) is 5.09. The maximum atomic E-state index is 11.9. The highest BCUT2D eigenvalue weighted by atomic mass is 16.5. The van der Waals surface area contributed by atoms with Crippen molar-refractivity contribution in [1.82, 2.24) is 4.90 Å². The second-order valence-corrected chi connectivity index (χ2v) is 9.66. The molecule has 1 heterocycles. The Labute approximate surface area is 190 Å². The monoisotopic (exact) mass is 426 g/mol. The minimum absolute atomic E-state index is 0.159. The lowest BCUT2D eigenvalue weighted by Crippen LogP contribution is -2.58. The molecule has 1 unspecified atom stereocenters. The standard InChI is InChI=1S/C28H30N2O2/c1-3-32-26(31)22-8-10-23(11-9-22)27(19-29)16-24(17-27)30-15-14-28(20(2)18-30)13-12-21-6-4-5-7-25(21)28/h4-13,20,24H,3,14-18H2,1-2H3/t20-,24?,27?,28?/m0/s1. The first-order chi connectivity index (χ1) is 15.5. The van der Waals surface area contributed by atoms with Crippen LogP contribution in [0.25, 0.3) is 6.08 Å². The number of fused-ring (bicyclic) bond motifs is 2. The molecular weight excluding hydrogens is 396 g/mol. The van der Waals surface area contributed by atoms with Gasteiger partial charge in [-0.2, -0.15) is 5.26 Å². The summed E-state index contributed by atoms with van der Waals surface area (Å²) in [6.45, 7) is 6.67. The lowest BCUT2D eigenvalue weighted by molar-refractivity contribution is 0.0256. The van der Waals surface area contributed by atoms with E-state index in [4.69, 9.17) is 4.74 Å². The number of ether oxygens (including phenoxy) is 1. The molecule has 0 bridgehead atoms. The van der Waals surface area contributed by atoms with Crippen LogP contribution in [0.2, 0.25) is 0 Å². The van der Waals surface area contributed by atoms with Crippen LogP contribution in [0, 0.1) is 17.2 Å². The Balaban J connectivity index is 1.26. The van der Waals surface area contributed by atoms with Crippen LogP contribution in [-0.2, 0) is 15.6 Å². The molecule has 0 N–H and O–H groups in total. The second kappa shape index (κ2) is 7.90. The third-order valence-electron chi connectivity index (χ3n) is 8.07. The third-order valence-corrected chi connectivity index (χ3v) is 8.07. The molecule has 2 aliphatic carbocycles. The van der Waals surface area contributed by atoms with Gasteiger partial charge < -0.3 is 4.74 Å². The van der Waals surface area contributed by atoms with Crippen LogP contribution in [0.1, 0.15) is 60.2 Å². The summed E-state index contributed by atoms with van der Waals surface area (Å²) in [5.41, 5.74) is 4.11. The quantitative estimate of drug-likeness (QED) is 0.639. The molecule has 1 aliphatic heterocycles. The summed E-state index contributed by atoms with van der Waals surface area (Å²) in [6, 6.07) is 19.3. The van der Waals surface area contributed by atoms with Gasteiger partial charge in [0.2, 0.25) is 0 Å². The van der Waals surface area contributed by atoms with Crippen molar-refractivity contribution in [1.29, 1.82) is 5.26 Å². The van der Waals surface area contributed by atoms with Gasteiger partial charge >= 0.3 is 5.97 Å². The number of nitriles is 1. The Bertz CT molecular complexity index is 1090. The normalized spacial score (nSPS) is 31.0. The number of carbonyl (C=O) groups is 1. The molecule has 164 valence electrons.